The topological polar surface area (TPSA) is 180 Å². The van der Waals surface area contributed by atoms with E-state index in [2.05, 4.69) is 22.8 Å². The van der Waals surface area contributed by atoms with Gasteiger partial charge in [-0.05, 0) is 74.9 Å². The molecule has 2 aromatic carbocycles. The van der Waals surface area contributed by atoms with Gasteiger partial charge in [0.25, 0.3) is 5.91 Å². The third-order valence-corrected chi connectivity index (χ3v) is 9.97. The average molecular weight is 803 g/mol. The molecule has 0 spiro atoms. The van der Waals surface area contributed by atoms with Crippen LogP contribution in [-0.4, -0.2) is 72.9 Å². The van der Waals surface area contributed by atoms with Crippen molar-refractivity contribution in [1.29, 1.82) is 0 Å². The summed E-state index contributed by atoms with van der Waals surface area (Å²) in [6.07, 6.45) is 4.94. The Hall–Kier alpha value is -5.63. The summed E-state index contributed by atoms with van der Waals surface area (Å²) in [4.78, 5) is 88.0. The van der Waals surface area contributed by atoms with Crippen LogP contribution in [0.25, 0.3) is 11.3 Å². The van der Waals surface area contributed by atoms with Crippen LogP contribution in [0.5, 0.6) is 5.75 Å². The second kappa shape index (κ2) is 24.9. The van der Waals surface area contributed by atoms with Crippen molar-refractivity contribution < 1.29 is 47.8 Å². The number of hydrogen-bond donors (Lipinski definition) is 2. The van der Waals surface area contributed by atoms with E-state index in [-0.39, 0.29) is 30.9 Å². The third kappa shape index (κ3) is 14.1. The van der Waals surface area contributed by atoms with Crippen molar-refractivity contribution in [1.82, 2.24) is 20.9 Å². The molecule has 14 heteroatoms. The summed E-state index contributed by atoms with van der Waals surface area (Å²) in [5, 5.41) is 1.19. The molecule has 0 saturated carbocycles. The molecule has 3 rings (SSSR count). The highest BCUT2D eigenvalue weighted by Gasteiger charge is 2.33. The number of nitrogens with zero attached hydrogens (tertiary/aromatic N) is 2. The minimum Gasteiger partial charge on any atom is -0.494 e. The lowest BCUT2D eigenvalue weighted by Crippen LogP contribution is -2.51. The maximum Gasteiger partial charge on any atom is 0.309 e. The quantitative estimate of drug-likeness (QED) is 0.0302. The molecule has 0 aliphatic heterocycles. The zero-order valence-corrected chi connectivity index (χ0v) is 34.5. The van der Waals surface area contributed by atoms with Gasteiger partial charge in [-0.3, -0.25) is 44.5 Å². The van der Waals surface area contributed by atoms with Crippen LogP contribution < -0.4 is 15.6 Å². The number of benzene rings is 2. The normalized spacial score (nSPS) is 12.9. The molecular weight excluding hydrogens is 745 g/mol. The summed E-state index contributed by atoms with van der Waals surface area (Å²) in [7, 11) is 2.50. The first-order chi connectivity index (χ1) is 28.0. The maximum atomic E-state index is 13.9. The van der Waals surface area contributed by atoms with Crippen molar-refractivity contribution in [3.05, 3.63) is 83.6 Å². The van der Waals surface area contributed by atoms with Gasteiger partial charge in [0.15, 0.2) is 5.78 Å². The van der Waals surface area contributed by atoms with Gasteiger partial charge in [-0.1, -0.05) is 76.4 Å². The second-order valence-corrected chi connectivity index (χ2v) is 13.9. The third-order valence-electron chi connectivity index (χ3n) is 9.97. The summed E-state index contributed by atoms with van der Waals surface area (Å²) in [5.41, 5.74) is 7.18. The maximum absolute atomic E-state index is 13.9. The van der Waals surface area contributed by atoms with Crippen LogP contribution in [0.3, 0.4) is 0 Å². The molecule has 0 bridgehead atoms. The Balaban J connectivity index is 1.80. The Kier molecular flexibility index (Phi) is 20.1. The highest BCUT2D eigenvalue weighted by molar-refractivity contribution is 5.99. The Morgan fingerprint density at radius 2 is 1.55 bits per heavy atom. The van der Waals surface area contributed by atoms with E-state index in [0.29, 0.717) is 61.3 Å². The van der Waals surface area contributed by atoms with Gasteiger partial charge in [0.05, 0.1) is 50.8 Å². The Labute approximate surface area is 341 Å². The summed E-state index contributed by atoms with van der Waals surface area (Å²) < 4.78 is 15.4. The van der Waals surface area contributed by atoms with Crippen molar-refractivity contribution in [2.75, 3.05) is 20.8 Å². The highest BCUT2D eigenvalue weighted by atomic mass is 16.7. The first kappa shape index (κ1) is 46.8. The number of carbonyl (C=O) groups excluding carboxylic acids is 6. The van der Waals surface area contributed by atoms with Crippen LogP contribution in [0.2, 0.25) is 0 Å². The van der Waals surface area contributed by atoms with E-state index in [0.717, 1.165) is 24.8 Å². The van der Waals surface area contributed by atoms with Gasteiger partial charge < -0.3 is 14.2 Å². The fourth-order valence-electron chi connectivity index (χ4n) is 6.73. The van der Waals surface area contributed by atoms with E-state index in [1.54, 1.807) is 30.3 Å². The Morgan fingerprint density at radius 3 is 2.19 bits per heavy atom. The second-order valence-electron chi connectivity index (χ2n) is 13.9. The largest absolute Gasteiger partial charge is 0.494 e. The number of carbonyl (C=O) groups is 6. The lowest BCUT2D eigenvalue weighted by molar-refractivity contribution is -0.200. The Bertz CT molecular complexity index is 1800. The number of methoxy groups -OCH3 is 2. The molecule has 0 fully saturated rings. The molecule has 4 atom stereocenters. The average Bonchev–Trinajstić information content (AvgIpc) is 3.25. The number of hydrazine groups is 1. The van der Waals surface area contributed by atoms with Crippen molar-refractivity contribution in [3.8, 4) is 17.0 Å². The van der Waals surface area contributed by atoms with E-state index in [1.165, 1.54) is 25.3 Å². The zero-order valence-electron chi connectivity index (χ0n) is 34.5. The van der Waals surface area contributed by atoms with Crippen LogP contribution in [-0.2, 0) is 40.1 Å². The predicted molar refractivity (Wildman–Crippen MR) is 217 cm³/mol. The fourth-order valence-corrected chi connectivity index (χ4v) is 6.73. The molecule has 58 heavy (non-hydrogen) atoms. The molecule has 314 valence electrons. The van der Waals surface area contributed by atoms with Gasteiger partial charge >= 0.3 is 11.9 Å². The molecule has 0 aliphatic rings. The van der Waals surface area contributed by atoms with Gasteiger partial charge in [-0.15, -0.1) is 0 Å². The zero-order chi connectivity index (χ0) is 42.5. The van der Waals surface area contributed by atoms with Crippen molar-refractivity contribution in [2.24, 2.45) is 17.8 Å². The number of hydroxylamine groups is 2. The number of rotatable bonds is 25. The minimum absolute atomic E-state index is 0.00803. The van der Waals surface area contributed by atoms with E-state index >= 15 is 0 Å². The fraction of sp³-hybridized carbons (Fsp3) is 0.477. The van der Waals surface area contributed by atoms with Gasteiger partial charge in [0, 0.05) is 17.0 Å². The highest BCUT2D eigenvalue weighted by Crippen LogP contribution is 2.30. The van der Waals surface area contributed by atoms with Gasteiger partial charge in [-0.25, -0.2) is 10.0 Å². The van der Waals surface area contributed by atoms with Crippen LogP contribution >= 0.6 is 0 Å². The lowest BCUT2D eigenvalue weighted by atomic mass is 9.86. The monoisotopic (exact) mass is 802 g/mol. The summed E-state index contributed by atoms with van der Waals surface area (Å²) in [6, 6.07) is 18.7. The first-order valence-corrected chi connectivity index (χ1v) is 20.0. The number of unbranched alkanes of at least 4 members (excludes halogenated alkanes) is 2. The number of ether oxygens (including phenoxy) is 3. The van der Waals surface area contributed by atoms with Gasteiger partial charge in [0.2, 0.25) is 12.3 Å². The number of esters is 2. The molecule has 0 aliphatic carbocycles. The minimum atomic E-state index is -0.752. The van der Waals surface area contributed by atoms with Gasteiger partial charge in [-0.2, -0.15) is 0 Å². The first-order valence-electron chi connectivity index (χ1n) is 20.0. The number of aromatic nitrogens is 1. The number of hydrogen-bond acceptors (Lipinski definition) is 11. The number of Topliss-reactive ketones (excluding diaryl/α,β-unsaturated/α-hetero) is 1. The molecule has 3 amide bonds. The van der Waals surface area contributed by atoms with E-state index in [1.807, 2.05) is 51.1 Å². The van der Waals surface area contributed by atoms with Crippen LogP contribution in [0.15, 0.2) is 66.7 Å². The summed E-state index contributed by atoms with van der Waals surface area (Å²) in [5.74, 6) is -3.89. The SMILES string of the molecule is CCCCC[C@@H](C(=O)NNC(=O)c1cccc(-c2cc(OCC)cc(C(=O)C(CC)CC[C@@H](CC(=O)OC)C(=O)OC)c2)n1)[C@@H](CC)N(C=O)OCc1ccccc1. The van der Waals surface area contributed by atoms with Crippen molar-refractivity contribution in [3.63, 3.8) is 0 Å². The number of ketones is 1. The smallest absolute Gasteiger partial charge is 0.309 e. The Morgan fingerprint density at radius 1 is 0.810 bits per heavy atom. The molecular formula is C44H58N4O10. The van der Waals surface area contributed by atoms with E-state index in [4.69, 9.17) is 19.0 Å². The van der Waals surface area contributed by atoms with Crippen LogP contribution in [0.1, 0.15) is 112 Å². The summed E-state index contributed by atoms with van der Waals surface area (Å²) >= 11 is 0. The van der Waals surface area contributed by atoms with Crippen molar-refractivity contribution in [2.45, 2.75) is 98.1 Å². The molecule has 1 aromatic heterocycles. The van der Waals surface area contributed by atoms with Gasteiger partial charge in [0.1, 0.15) is 18.1 Å². The molecule has 0 saturated heterocycles. The van der Waals surface area contributed by atoms with E-state index in [9.17, 15) is 28.8 Å². The van der Waals surface area contributed by atoms with Crippen LogP contribution in [0.4, 0.5) is 0 Å². The lowest BCUT2D eigenvalue weighted by Gasteiger charge is -2.32. The van der Waals surface area contributed by atoms with E-state index < -0.39 is 47.5 Å². The molecule has 2 N–H and O–H groups in total. The van der Waals surface area contributed by atoms with Crippen molar-refractivity contribution >= 4 is 35.9 Å². The molecule has 0 radical (unpaired) electrons. The standard InChI is InChI=1S/C44H58N4O10/c1-7-11-13-19-36(39(9-3)48(29-49)58-28-30-17-14-12-15-18-30)42(52)46-47-43(53)38-21-16-20-37(45-38)33-24-34(26-35(25-33)57-10-4)41(51)31(8-2)22-23-32(44(54)56-6)27-40(50)55-5/h12,14-18,20-21,24-26,29,31-32,36,39H,7-11,13,19,22-23,27-28H2,1-6H3,(H,46,52)(H,47,53)/t31?,32-,36+,39+/m0/s1. The molecule has 1 heterocycles. The number of pyridine rings is 1. The summed E-state index contributed by atoms with van der Waals surface area (Å²) in [6.45, 7) is 8.11. The number of nitrogens with one attached hydrogen (secondary N) is 2. The predicted octanol–water partition coefficient (Wildman–Crippen LogP) is 6.82. The van der Waals surface area contributed by atoms with Crippen LogP contribution in [0, 0.1) is 17.8 Å². The molecule has 1 unspecified atom stereocenters. The molecule has 14 nitrogen and oxygen atoms in total. The molecule has 3 aromatic rings. The number of amides is 3.